The molecule has 0 aromatic heterocycles. The summed E-state index contributed by atoms with van der Waals surface area (Å²) in [6, 6.07) is 7.90. The summed E-state index contributed by atoms with van der Waals surface area (Å²) in [5.41, 5.74) is 4.83. The molecule has 0 aliphatic heterocycles. The molecule has 0 heterocycles. The zero-order chi connectivity index (χ0) is 22.1. The van der Waals surface area contributed by atoms with Crippen LogP contribution in [0.15, 0.2) is 24.3 Å². The summed E-state index contributed by atoms with van der Waals surface area (Å²) >= 11 is 0. The third-order valence-corrected chi connectivity index (χ3v) is 5.78. The maximum Gasteiger partial charge on any atom is 0.186 e. The molecule has 0 saturated carbocycles. The maximum atomic E-state index is 13.3. The van der Waals surface area contributed by atoms with Crippen LogP contribution in [0.2, 0.25) is 0 Å². The van der Waals surface area contributed by atoms with E-state index >= 15 is 0 Å². The van der Waals surface area contributed by atoms with Crippen LogP contribution in [0.1, 0.15) is 74.2 Å². The van der Waals surface area contributed by atoms with E-state index in [0.29, 0.717) is 5.75 Å². The summed E-state index contributed by atoms with van der Waals surface area (Å²) in [6.07, 6.45) is 0. The van der Waals surface area contributed by atoms with Crippen LogP contribution in [0.3, 0.4) is 0 Å². The van der Waals surface area contributed by atoms with Gasteiger partial charge in [-0.25, -0.2) is 0 Å². The summed E-state index contributed by atoms with van der Waals surface area (Å²) < 4.78 is 12.2. The first kappa shape index (κ1) is 26.8. The first-order valence-electron chi connectivity index (χ1n) is 10.1. The molecule has 0 saturated heterocycles. The van der Waals surface area contributed by atoms with E-state index in [9.17, 15) is 4.79 Å². The molecule has 1 radical (unpaired) electrons. The molecule has 5 heteroatoms. The number of carbonyl (C=O) groups excluding carboxylic acids is 1. The van der Waals surface area contributed by atoms with Crippen molar-refractivity contribution in [1.82, 2.24) is 0 Å². The summed E-state index contributed by atoms with van der Waals surface area (Å²) in [5, 5.41) is 0.906. The first-order valence-corrected chi connectivity index (χ1v) is 11.1. The summed E-state index contributed by atoms with van der Waals surface area (Å²) in [7, 11) is -0.00868. The molecule has 0 spiro atoms. The van der Waals surface area contributed by atoms with Crippen molar-refractivity contribution in [1.29, 1.82) is 0 Å². The number of aryl methyl sites for hydroxylation is 2. The molecule has 1 atom stereocenters. The van der Waals surface area contributed by atoms with Gasteiger partial charge in [-0.2, -0.15) is 0 Å². The molecular formula is C25H35LiO3P. The Morgan fingerprint density at radius 1 is 0.800 bits per heavy atom. The zero-order valence-corrected chi connectivity index (χ0v) is 21.5. The Balaban J connectivity index is 0.00000450. The molecule has 0 N–H and O–H groups in total. The molecule has 0 aliphatic rings. The average molecular weight is 421 g/mol. The topological polar surface area (TPSA) is 35.5 Å². The van der Waals surface area contributed by atoms with Gasteiger partial charge in [-0.05, 0) is 112 Å². The Bertz CT molecular complexity index is 921. The van der Waals surface area contributed by atoms with E-state index in [-0.39, 0.29) is 44.2 Å². The van der Waals surface area contributed by atoms with E-state index in [2.05, 4.69) is 19.9 Å². The molecule has 159 valence electrons. The number of rotatable bonds is 5. The second-order valence-electron chi connectivity index (χ2n) is 9.68. The fraction of sp³-hybridized carbons (Fsp3) is 0.480. The van der Waals surface area contributed by atoms with Crippen molar-refractivity contribution in [2.75, 3.05) is 0 Å². The maximum absolute atomic E-state index is 13.3. The second kappa shape index (κ2) is 9.91. The van der Waals surface area contributed by atoms with Crippen molar-refractivity contribution in [2.45, 2.75) is 80.4 Å². The summed E-state index contributed by atoms with van der Waals surface area (Å²) in [4.78, 5) is 13.3. The predicted molar refractivity (Wildman–Crippen MR) is 131 cm³/mol. The molecular weight excluding hydrogens is 386 g/mol. The number of benzene rings is 2. The Kier molecular flexibility index (Phi) is 8.84. The number of carbonyl (C=O) groups is 1. The van der Waals surface area contributed by atoms with E-state index in [0.717, 1.165) is 27.7 Å². The Labute approximate surface area is 196 Å². The molecule has 3 nitrogen and oxygen atoms in total. The normalized spacial score (nSPS) is 12.1. The minimum atomic E-state index is -0.366. The molecule has 0 bridgehead atoms. The predicted octanol–water partition coefficient (Wildman–Crippen LogP) is 6.04. The smallest absolute Gasteiger partial charge is 0.186 e. The molecule has 1 unspecified atom stereocenters. The van der Waals surface area contributed by atoms with Gasteiger partial charge < -0.3 is 9.47 Å². The van der Waals surface area contributed by atoms with Crippen molar-refractivity contribution in [3.05, 3.63) is 52.1 Å². The Morgan fingerprint density at radius 2 is 1.37 bits per heavy atom. The van der Waals surface area contributed by atoms with Gasteiger partial charge in [0.15, 0.2) is 5.52 Å². The average Bonchev–Trinajstić information content (AvgIpc) is 2.52. The summed E-state index contributed by atoms with van der Waals surface area (Å²) in [6.45, 7) is 20.3. The number of hydrogen-bond acceptors (Lipinski definition) is 3. The number of ether oxygens (including phenoxy) is 2. The molecule has 0 fully saturated rings. The molecule has 2 rings (SSSR count). The van der Waals surface area contributed by atoms with Crippen molar-refractivity contribution in [2.24, 2.45) is 0 Å². The fourth-order valence-corrected chi connectivity index (χ4v) is 4.42. The van der Waals surface area contributed by atoms with Crippen LogP contribution in [0.5, 0.6) is 11.5 Å². The largest absolute Gasteiger partial charge is 0.488 e. The van der Waals surface area contributed by atoms with Gasteiger partial charge in [-0.1, -0.05) is 6.07 Å². The van der Waals surface area contributed by atoms with Crippen LogP contribution in [0.25, 0.3) is 0 Å². The standard InChI is InChI=1S/C25H35O3P.Li/c1-15-13-16(2)22(18(4)17(15)3)23(26)29-21-12-11-19(27-24(5,6)7)14-20(21)28-25(8,9)10;/h11-14,29H,1-10H3;. The summed E-state index contributed by atoms with van der Waals surface area (Å²) in [5.74, 6) is 1.46. The van der Waals surface area contributed by atoms with Gasteiger partial charge in [0.2, 0.25) is 0 Å². The van der Waals surface area contributed by atoms with Crippen molar-refractivity contribution in [3.8, 4) is 11.5 Å². The fourth-order valence-electron chi connectivity index (χ4n) is 3.26. The third kappa shape index (κ3) is 7.16. The quantitative estimate of drug-likeness (QED) is 0.436. The van der Waals surface area contributed by atoms with Crippen LogP contribution in [0.4, 0.5) is 0 Å². The van der Waals surface area contributed by atoms with Crippen LogP contribution < -0.4 is 14.8 Å². The van der Waals surface area contributed by atoms with Gasteiger partial charge in [-0.3, -0.25) is 4.79 Å². The van der Waals surface area contributed by atoms with Gasteiger partial charge in [0.25, 0.3) is 0 Å². The second-order valence-corrected chi connectivity index (χ2v) is 10.9. The molecule has 2 aromatic carbocycles. The Hall–Kier alpha value is -1.26. The van der Waals surface area contributed by atoms with E-state index in [1.807, 2.05) is 73.6 Å². The van der Waals surface area contributed by atoms with E-state index in [4.69, 9.17) is 9.47 Å². The van der Waals surface area contributed by atoms with Crippen LogP contribution in [-0.4, -0.2) is 35.6 Å². The third-order valence-electron chi connectivity index (χ3n) is 4.62. The van der Waals surface area contributed by atoms with Crippen LogP contribution >= 0.6 is 8.58 Å². The van der Waals surface area contributed by atoms with Crippen molar-refractivity contribution >= 4 is 38.3 Å². The van der Waals surface area contributed by atoms with Crippen LogP contribution in [0, 0.1) is 27.7 Å². The van der Waals surface area contributed by atoms with Gasteiger partial charge in [0.1, 0.15) is 22.7 Å². The van der Waals surface area contributed by atoms with E-state index in [1.165, 1.54) is 11.1 Å². The van der Waals surface area contributed by atoms with Crippen LogP contribution in [-0.2, 0) is 0 Å². The van der Waals surface area contributed by atoms with E-state index in [1.54, 1.807) is 0 Å². The van der Waals surface area contributed by atoms with Gasteiger partial charge in [-0.15, -0.1) is 0 Å². The molecule has 0 aliphatic carbocycles. The minimum absolute atomic E-state index is 0. The first-order chi connectivity index (χ1) is 13.2. The Morgan fingerprint density at radius 3 is 1.90 bits per heavy atom. The molecule has 30 heavy (non-hydrogen) atoms. The van der Waals surface area contributed by atoms with Gasteiger partial charge >= 0.3 is 0 Å². The number of hydrogen-bond donors (Lipinski definition) is 0. The SMILES string of the molecule is Cc1cc(C)c(C(=O)Pc2ccc(OC(C)(C)C)cc2OC(C)(C)C)c(C)c1C.[Li]. The van der Waals surface area contributed by atoms with E-state index < -0.39 is 0 Å². The zero-order valence-electron chi connectivity index (χ0n) is 20.5. The molecule has 2 aromatic rings. The van der Waals surface area contributed by atoms with Gasteiger partial charge in [0.05, 0.1) is 0 Å². The van der Waals surface area contributed by atoms with Crippen molar-refractivity contribution in [3.63, 3.8) is 0 Å². The monoisotopic (exact) mass is 421 g/mol. The minimum Gasteiger partial charge on any atom is -0.488 e. The molecule has 0 amide bonds. The van der Waals surface area contributed by atoms with Gasteiger partial charge in [0, 0.05) is 35.8 Å². The van der Waals surface area contributed by atoms with Crippen molar-refractivity contribution < 1.29 is 14.3 Å².